The highest BCUT2D eigenvalue weighted by atomic mass is 16.5. The van der Waals surface area contributed by atoms with E-state index < -0.39 is 0 Å². The van der Waals surface area contributed by atoms with E-state index in [1.807, 2.05) is 13.8 Å². The fourth-order valence-corrected chi connectivity index (χ4v) is 1.31. The molecule has 2 heteroatoms. The van der Waals surface area contributed by atoms with E-state index in [4.69, 9.17) is 4.74 Å². The number of carbonyl (C=O) groups excluding carboxylic acids is 1. The van der Waals surface area contributed by atoms with E-state index in [1.54, 1.807) is 0 Å². The maximum absolute atomic E-state index is 11.0. The molecule has 0 aromatic carbocycles. The van der Waals surface area contributed by atoms with Crippen LogP contribution in [0.5, 0.6) is 0 Å². The van der Waals surface area contributed by atoms with Crippen molar-refractivity contribution in [3.63, 3.8) is 0 Å². The van der Waals surface area contributed by atoms with Crippen LogP contribution in [0.4, 0.5) is 0 Å². The van der Waals surface area contributed by atoms with Crippen molar-refractivity contribution in [3.05, 3.63) is 0 Å². The Hall–Kier alpha value is -0.530. The fraction of sp³-hybridized carbons (Fsp3) is 0.875. The van der Waals surface area contributed by atoms with Crippen molar-refractivity contribution in [3.8, 4) is 0 Å². The molecule has 0 aliphatic carbocycles. The molecule has 10 heavy (non-hydrogen) atoms. The van der Waals surface area contributed by atoms with Crippen LogP contribution in [-0.2, 0) is 9.53 Å². The van der Waals surface area contributed by atoms with Gasteiger partial charge in [0.25, 0.3) is 0 Å². The third-order valence-electron chi connectivity index (χ3n) is 2.25. The number of esters is 1. The predicted molar refractivity (Wildman–Crippen MR) is 38.5 cm³/mol. The fourth-order valence-electron chi connectivity index (χ4n) is 1.31. The maximum Gasteiger partial charge on any atom is 0.309 e. The number of cyclic esters (lactones) is 1. The molecule has 1 aliphatic heterocycles. The largest absolute Gasteiger partial charge is 0.462 e. The summed E-state index contributed by atoms with van der Waals surface area (Å²) in [6.07, 6.45) is 1.13. The Morgan fingerprint density at radius 1 is 1.40 bits per heavy atom. The monoisotopic (exact) mass is 142 g/mol. The first-order chi connectivity index (χ1) is 4.61. The Bertz CT molecular complexity index is 142. The summed E-state index contributed by atoms with van der Waals surface area (Å²) < 4.78 is 5.03. The van der Waals surface area contributed by atoms with Crippen LogP contribution >= 0.6 is 0 Å². The second-order valence-corrected chi connectivity index (χ2v) is 3.25. The summed E-state index contributed by atoms with van der Waals surface area (Å²) in [6, 6.07) is 0. The van der Waals surface area contributed by atoms with E-state index in [2.05, 4.69) is 6.92 Å². The SMILES string of the molecule is C[C@@H]1C[C@H](C)[C@@H](C)C(=O)O1. The van der Waals surface area contributed by atoms with Gasteiger partial charge in [0.1, 0.15) is 0 Å². The first-order valence-electron chi connectivity index (χ1n) is 3.81. The second kappa shape index (κ2) is 2.60. The molecule has 0 N–H and O–H groups in total. The van der Waals surface area contributed by atoms with Gasteiger partial charge in [0, 0.05) is 0 Å². The van der Waals surface area contributed by atoms with Gasteiger partial charge in [-0.1, -0.05) is 13.8 Å². The van der Waals surface area contributed by atoms with Crippen molar-refractivity contribution in [2.24, 2.45) is 11.8 Å². The molecule has 0 bridgehead atoms. The van der Waals surface area contributed by atoms with Gasteiger partial charge in [-0.05, 0) is 19.3 Å². The van der Waals surface area contributed by atoms with Gasteiger partial charge in [0.05, 0.1) is 12.0 Å². The lowest BCUT2D eigenvalue weighted by Gasteiger charge is -2.28. The number of rotatable bonds is 0. The molecule has 1 fully saturated rings. The molecule has 0 radical (unpaired) electrons. The predicted octanol–water partition coefficient (Wildman–Crippen LogP) is 1.59. The van der Waals surface area contributed by atoms with Crippen LogP contribution in [0.3, 0.4) is 0 Å². The van der Waals surface area contributed by atoms with E-state index in [0.29, 0.717) is 5.92 Å². The Morgan fingerprint density at radius 3 is 2.50 bits per heavy atom. The average Bonchev–Trinajstić information content (AvgIpc) is 1.82. The van der Waals surface area contributed by atoms with Crippen molar-refractivity contribution >= 4 is 5.97 Å². The Labute approximate surface area is 61.6 Å². The molecule has 1 aliphatic rings. The Balaban J connectivity index is 2.57. The normalized spacial score (nSPS) is 41.1. The summed E-state index contributed by atoms with van der Waals surface area (Å²) in [4.78, 5) is 11.0. The minimum absolute atomic E-state index is 0.0359. The molecule has 1 heterocycles. The van der Waals surface area contributed by atoms with Gasteiger partial charge in [-0.3, -0.25) is 4.79 Å². The third-order valence-corrected chi connectivity index (χ3v) is 2.25. The lowest BCUT2D eigenvalue weighted by atomic mass is 9.88. The van der Waals surface area contributed by atoms with E-state index >= 15 is 0 Å². The van der Waals surface area contributed by atoms with Gasteiger partial charge in [-0.25, -0.2) is 0 Å². The minimum Gasteiger partial charge on any atom is -0.462 e. The number of hydrogen-bond acceptors (Lipinski definition) is 2. The molecule has 0 aromatic heterocycles. The maximum atomic E-state index is 11.0. The molecule has 1 rings (SSSR count). The van der Waals surface area contributed by atoms with Gasteiger partial charge in [0.15, 0.2) is 0 Å². The van der Waals surface area contributed by atoms with Gasteiger partial charge in [-0.15, -0.1) is 0 Å². The Kier molecular flexibility index (Phi) is 1.97. The van der Waals surface area contributed by atoms with Crippen molar-refractivity contribution < 1.29 is 9.53 Å². The van der Waals surface area contributed by atoms with E-state index in [0.717, 1.165) is 6.42 Å². The lowest BCUT2D eigenvalue weighted by molar-refractivity contribution is -0.161. The zero-order valence-electron chi connectivity index (χ0n) is 6.76. The molecule has 1 saturated heterocycles. The molecule has 2 nitrogen and oxygen atoms in total. The molecule has 58 valence electrons. The zero-order valence-corrected chi connectivity index (χ0v) is 6.76. The van der Waals surface area contributed by atoms with Crippen LogP contribution in [0.1, 0.15) is 27.2 Å². The van der Waals surface area contributed by atoms with Crippen LogP contribution in [-0.4, -0.2) is 12.1 Å². The summed E-state index contributed by atoms with van der Waals surface area (Å²) in [5.41, 5.74) is 0. The van der Waals surface area contributed by atoms with Gasteiger partial charge < -0.3 is 4.74 Å². The molecular formula is C8H14O2. The molecule has 0 unspecified atom stereocenters. The van der Waals surface area contributed by atoms with E-state index in [9.17, 15) is 4.79 Å². The van der Waals surface area contributed by atoms with Gasteiger partial charge >= 0.3 is 5.97 Å². The standard InChI is InChI=1S/C8H14O2/c1-5-4-6(2)10-8(9)7(5)3/h5-7H,4H2,1-3H3/t5-,6+,7+/m0/s1. The highest BCUT2D eigenvalue weighted by molar-refractivity contribution is 5.73. The zero-order chi connectivity index (χ0) is 7.72. The lowest BCUT2D eigenvalue weighted by Crippen LogP contribution is -2.33. The first-order valence-corrected chi connectivity index (χ1v) is 3.81. The molecule has 0 aromatic rings. The summed E-state index contributed by atoms with van der Waals surface area (Å²) in [7, 11) is 0. The van der Waals surface area contributed by atoms with Crippen molar-refractivity contribution in [2.45, 2.75) is 33.3 Å². The summed E-state index contributed by atoms with van der Waals surface area (Å²) >= 11 is 0. The van der Waals surface area contributed by atoms with E-state index in [1.165, 1.54) is 0 Å². The number of hydrogen-bond donors (Lipinski definition) is 0. The molecule has 0 spiro atoms. The topological polar surface area (TPSA) is 26.3 Å². The number of ether oxygens (including phenoxy) is 1. The smallest absolute Gasteiger partial charge is 0.309 e. The van der Waals surface area contributed by atoms with Crippen LogP contribution in [0.15, 0.2) is 0 Å². The van der Waals surface area contributed by atoms with Gasteiger partial charge in [-0.2, -0.15) is 0 Å². The van der Waals surface area contributed by atoms with Crippen molar-refractivity contribution in [1.82, 2.24) is 0 Å². The molecular weight excluding hydrogens is 128 g/mol. The highest BCUT2D eigenvalue weighted by Gasteiger charge is 2.29. The third kappa shape index (κ3) is 1.31. The number of carbonyl (C=O) groups is 1. The quantitative estimate of drug-likeness (QED) is 0.480. The Morgan fingerprint density at radius 2 is 2.00 bits per heavy atom. The van der Waals surface area contributed by atoms with Crippen LogP contribution in [0.25, 0.3) is 0 Å². The van der Waals surface area contributed by atoms with Crippen molar-refractivity contribution in [1.29, 1.82) is 0 Å². The summed E-state index contributed by atoms with van der Waals surface area (Å²) in [6.45, 7) is 5.97. The highest BCUT2D eigenvalue weighted by Crippen LogP contribution is 2.25. The van der Waals surface area contributed by atoms with Gasteiger partial charge in [0.2, 0.25) is 0 Å². The first kappa shape index (κ1) is 7.58. The summed E-state index contributed by atoms with van der Waals surface area (Å²) in [5.74, 6) is 0.540. The van der Waals surface area contributed by atoms with Crippen molar-refractivity contribution in [2.75, 3.05) is 0 Å². The minimum atomic E-state index is -0.0359. The average molecular weight is 142 g/mol. The second-order valence-electron chi connectivity index (χ2n) is 3.25. The molecule has 0 amide bonds. The van der Waals surface area contributed by atoms with Crippen LogP contribution in [0, 0.1) is 11.8 Å². The molecule has 0 saturated carbocycles. The molecule has 3 atom stereocenters. The summed E-state index contributed by atoms with van der Waals surface area (Å²) in [5, 5.41) is 0. The van der Waals surface area contributed by atoms with Crippen LogP contribution in [0.2, 0.25) is 0 Å². The van der Waals surface area contributed by atoms with Crippen LogP contribution < -0.4 is 0 Å². The van der Waals surface area contributed by atoms with E-state index in [-0.39, 0.29) is 18.0 Å².